The van der Waals surface area contributed by atoms with Crippen molar-refractivity contribution in [3.63, 3.8) is 0 Å². The SMILES string of the molecule is COCC(=O)N1C[C@@H]2CC[C@H](Oc3ccccc3Cl)[C@@H]2C1. The maximum Gasteiger partial charge on any atom is 0.248 e. The Morgan fingerprint density at radius 2 is 2.14 bits per heavy atom. The van der Waals surface area contributed by atoms with Crippen molar-refractivity contribution in [2.75, 3.05) is 26.8 Å². The lowest BCUT2D eigenvalue weighted by molar-refractivity contribution is -0.134. The average molecular weight is 310 g/mol. The van der Waals surface area contributed by atoms with E-state index < -0.39 is 0 Å². The van der Waals surface area contributed by atoms with Crippen LogP contribution in [0.5, 0.6) is 5.75 Å². The largest absolute Gasteiger partial charge is 0.489 e. The predicted molar refractivity (Wildman–Crippen MR) is 80.5 cm³/mol. The van der Waals surface area contributed by atoms with Crippen LogP contribution in [0.2, 0.25) is 5.02 Å². The molecule has 1 saturated heterocycles. The molecule has 1 aliphatic heterocycles. The van der Waals surface area contributed by atoms with Crippen molar-refractivity contribution in [1.29, 1.82) is 0 Å². The number of nitrogens with zero attached hydrogens (tertiary/aromatic N) is 1. The second kappa shape index (κ2) is 6.24. The Kier molecular flexibility index (Phi) is 4.36. The lowest BCUT2D eigenvalue weighted by Crippen LogP contribution is -2.34. The van der Waals surface area contributed by atoms with Crippen molar-refractivity contribution in [2.24, 2.45) is 11.8 Å². The van der Waals surface area contributed by atoms with Gasteiger partial charge in [0.2, 0.25) is 5.91 Å². The van der Waals surface area contributed by atoms with Gasteiger partial charge in [0.25, 0.3) is 0 Å². The summed E-state index contributed by atoms with van der Waals surface area (Å²) in [6.45, 7) is 1.76. The molecule has 0 radical (unpaired) electrons. The molecule has 1 saturated carbocycles. The second-order valence-electron chi connectivity index (χ2n) is 5.82. The molecule has 2 aliphatic rings. The fraction of sp³-hybridized carbons (Fsp3) is 0.562. The standard InChI is InChI=1S/C16H20ClNO3/c1-20-10-16(19)18-8-11-6-7-14(12(11)9-18)21-15-5-3-2-4-13(15)17/h2-5,11-12,14H,6-10H2,1H3/t11-,12+,14-/m0/s1. The number of likely N-dealkylation sites (tertiary alicyclic amines) is 1. The number of hydrogen-bond donors (Lipinski definition) is 0. The monoisotopic (exact) mass is 309 g/mol. The quantitative estimate of drug-likeness (QED) is 0.858. The summed E-state index contributed by atoms with van der Waals surface area (Å²) in [5, 5.41) is 0.645. The van der Waals surface area contributed by atoms with Gasteiger partial charge in [-0.25, -0.2) is 0 Å². The van der Waals surface area contributed by atoms with E-state index in [1.807, 2.05) is 29.2 Å². The Hall–Kier alpha value is -1.26. The minimum Gasteiger partial charge on any atom is -0.489 e. The Labute approximate surface area is 130 Å². The molecule has 1 aromatic rings. The van der Waals surface area contributed by atoms with Crippen LogP contribution in [0, 0.1) is 11.8 Å². The van der Waals surface area contributed by atoms with Crippen LogP contribution in [0.25, 0.3) is 0 Å². The highest BCUT2D eigenvalue weighted by Crippen LogP contribution is 2.41. The van der Waals surface area contributed by atoms with E-state index in [2.05, 4.69) is 0 Å². The smallest absolute Gasteiger partial charge is 0.248 e. The number of carbonyl (C=O) groups excluding carboxylic acids is 1. The van der Waals surface area contributed by atoms with Crippen molar-refractivity contribution in [2.45, 2.75) is 18.9 Å². The number of benzene rings is 1. The Morgan fingerprint density at radius 1 is 1.33 bits per heavy atom. The number of rotatable bonds is 4. The van der Waals surface area contributed by atoms with Crippen LogP contribution in [0.4, 0.5) is 0 Å². The van der Waals surface area contributed by atoms with E-state index in [0.29, 0.717) is 16.9 Å². The van der Waals surface area contributed by atoms with E-state index in [-0.39, 0.29) is 18.6 Å². The Morgan fingerprint density at radius 3 is 2.90 bits per heavy atom. The summed E-state index contributed by atoms with van der Waals surface area (Å²) in [5.74, 6) is 1.76. The fourth-order valence-corrected chi connectivity index (χ4v) is 3.66. The number of halogens is 1. The lowest BCUT2D eigenvalue weighted by atomic mass is 9.99. The van der Waals surface area contributed by atoms with Crippen LogP contribution in [-0.4, -0.2) is 43.7 Å². The molecule has 1 aromatic carbocycles. The number of fused-ring (bicyclic) bond motifs is 1. The van der Waals surface area contributed by atoms with Crippen LogP contribution in [0.3, 0.4) is 0 Å². The second-order valence-corrected chi connectivity index (χ2v) is 6.23. The summed E-state index contributed by atoms with van der Waals surface area (Å²) in [7, 11) is 1.55. The highest BCUT2D eigenvalue weighted by molar-refractivity contribution is 6.32. The van der Waals surface area contributed by atoms with Crippen molar-refractivity contribution >= 4 is 17.5 Å². The molecule has 1 heterocycles. The van der Waals surface area contributed by atoms with Crippen LogP contribution < -0.4 is 4.74 Å². The first-order valence-electron chi connectivity index (χ1n) is 7.37. The predicted octanol–water partition coefficient (Wildman–Crippen LogP) is 2.60. The van der Waals surface area contributed by atoms with Gasteiger partial charge in [0.15, 0.2) is 0 Å². The summed E-state index contributed by atoms with van der Waals surface area (Å²) < 4.78 is 11.0. The third kappa shape index (κ3) is 3.01. The van der Waals surface area contributed by atoms with Crippen LogP contribution in [0.1, 0.15) is 12.8 Å². The van der Waals surface area contributed by atoms with E-state index in [4.69, 9.17) is 21.1 Å². The zero-order chi connectivity index (χ0) is 14.8. The zero-order valence-corrected chi connectivity index (χ0v) is 12.9. The van der Waals surface area contributed by atoms with Gasteiger partial charge in [-0.3, -0.25) is 4.79 Å². The summed E-state index contributed by atoms with van der Waals surface area (Å²) in [6, 6.07) is 7.56. The van der Waals surface area contributed by atoms with Gasteiger partial charge in [0, 0.05) is 26.1 Å². The number of carbonyl (C=O) groups is 1. The van der Waals surface area contributed by atoms with Gasteiger partial charge < -0.3 is 14.4 Å². The molecule has 0 N–H and O–H groups in total. The minimum atomic E-state index is 0.0726. The molecule has 3 rings (SSSR count). The molecule has 1 amide bonds. The minimum absolute atomic E-state index is 0.0726. The summed E-state index contributed by atoms with van der Waals surface area (Å²) in [5.41, 5.74) is 0. The van der Waals surface area contributed by atoms with Crippen LogP contribution >= 0.6 is 11.6 Å². The molecular formula is C16H20ClNO3. The normalized spacial score (nSPS) is 27.7. The van der Waals surface area contributed by atoms with Crippen molar-refractivity contribution in [1.82, 2.24) is 4.90 Å². The van der Waals surface area contributed by atoms with Gasteiger partial charge in [-0.2, -0.15) is 0 Å². The van der Waals surface area contributed by atoms with Gasteiger partial charge in [-0.05, 0) is 30.9 Å². The fourth-order valence-electron chi connectivity index (χ4n) is 3.48. The zero-order valence-electron chi connectivity index (χ0n) is 12.1. The molecular weight excluding hydrogens is 290 g/mol. The molecule has 3 atom stereocenters. The topological polar surface area (TPSA) is 38.8 Å². The molecule has 114 valence electrons. The highest BCUT2D eigenvalue weighted by Gasteiger charge is 2.45. The maximum absolute atomic E-state index is 11.9. The lowest BCUT2D eigenvalue weighted by Gasteiger charge is -2.22. The Balaban J connectivity index is 1.65. The number of para-hydroxylation sites is 1. The van der Waals surface area contributed by atoms with E-state index in [9.17, 15) is 4.79 Å². The van der Waals surface area contributed by atoms with Crippen LogP contribution in [-0.2, 0) is 9.53 Å². The first-order chi connectivity index (χ1) is 10.2. The van der Waals surface area contributed by atoms with Crippen molar-refractivity contribution in [3.05, 3.63) is 29.3 Å². The van der Waals surface area contributed by atoms with Gasteiger partial charge in [0.1, 0.15) is 18.5 Å². The summed E-state index contributed by atoms with van der Waals surface area (Å²) >= 11 is 6.16. The van der Waals surface area contributed by atoms with Gasteiger partial charge >= 0.3 is 0 Å². The third-order valence-electron chi connectivity index (χ3n) is 4.53. The van der Waals surface area contributed by atoms with E-state index in [1.54, 1.807) is 7.11 Å². The van der Waals surface area contributed by atoms with Gasteiger partial charge in [-0.1, -0.05) is 23.7 Å². The van der Waals surface area contributed by atoms with Crippen molar-refractivity contribution in [3.8, 4) is 5.75 Å². The third-order valence-corrected chi connectivity index (χ3v) is 4.84. The molecule has 5 heteroatoms. The summed E-state index contributed by atoms with van der Waals surface area (Å²) in [6.07, 6.45) is 2.29. The first-order valence-corrected chi connectivity index (χ1v) is 7.74. The van der Waals surface area contributed by atoms with Crippen LogP contribution in [0.15, 0.2) is 24.3 Å². The van der Waals surface area contributed by atoms with E-state index >= 15 is 0 Å². The van der Waals surface area contributed by atoms with E-state index in [0.717, 1.165) is 31.7 Å². The van der Waals surface area contributed by atoms with Crippen molar-refractivity contribution < 1.29 is 14.3 Å². The van der Waals surface area contributed by atoms with E-state index in [1.165, 1.54) is 0 Å². The number of hydrogen-bond acceptors (Lipinski definition) is 3. The van der Waals surface area contributed by atoms with Gasteiger partial charge in [0.05, 0.1) is 5.02 Å². The molecule has 0 unspecified atom stereocenters. The molecule has 2 fully saturated rings. The number of methoxy groups -OCH3 is 1. The van der Waals surface area contributed by atoms with Gasteiger partial charge in [-0.15, -0.1) is 0 Å². The molecule has 21 heavy (non-hydrogen) atoms. The summed E-state index contributed by atoms with van der Waals surface area (Å²) in [4.78, 5) is 13.8. The average Bonchev–Trinajstić information content (AvgIpc) is 3.03. The molecule has 1 aliphatic carbocycles. The number of ether oxygens (including phenoxy) is 2. The molecule has 0 bridgehead atoms. The first kappa shape index (κ1) is 14.7. The highest BCUT2D eigenvalue weighted by atomic mass is 35.5. The molecule has 4 nitrogen and oxygen atoms in total. The Bertz CT molecular complexity index is 522. The maximum atomic E-state index is 11.9. The molecule has 0 aromatic heterocycles. The molecule has 0 spiro atoms. The number of amides is 1.